The van der Waals surface area contributed by atoms with Crippen LogP contribution in [0.4, 0.5) is 0 Å². The molecule has 0 radical (unpaired) electrons. The van der Waals surface area contributed by atoms with Gasteiger partial charge in [0.15, 0.2) is 5.76 Å². The first-order valence-corrected chi connectivity index (χ1v) is 9.61. The second kappa shape index (κ2) is 6.89. The maximum Gasteiger partial charge on any atom is 0.289 e. The van der Waals surface area contributed by atoms with Crippen molar-refractivity contribution in [3.63, 3.8) is 0 Å². The van der Waals surface area contributed by atoms with Crippen LogP contribution in [0, 0.1) is 5.92 Å². The van der Waals surface area contributed by atoms with Crippen molar-refractivity contribution < 1.29 is 22.4 Å². The summed E-state index contributed by atoms with van der Waals surface area (Å²) >= 11 is 0. The molecule has 2 aromatic rings. The molecule has 7 nitrogen and oxygen atoms in total. The number of nitrogens with two attached hydrogens (primary N) is 1. The van der Waals surface area contributed by atoms with Gasteiger partial charge < -0.3 is 14.1 Å². The highest BCUT2D eigenvalue weighted by Crippen LogP contribution is 2.27. The smallest absolute Gasteiger partial charge is 0.289 e. The largest absolute Gasteiger partial charge is 0.497 e. The lowest BCUT2D eigenvalue weighted by Crippen LogP contribution is -2.30. The van der Waals surface area contributed by atoms with Crippen molar-refractivity contribution in [3.05, 3.63) is 42.2 Å². The number of furan rings is 1. The molecule has 0 bridgehead atoms. The Morgan fingerprint density at radius 3 is 2.88 bits per heavy atom. The topological polar surface area (TPSA) is 103 Å². The van der Waals surface area contributed by atoms with E-state index in [1.54, 1.807) is 24.1 Å². The normalized spacial score (nSPS) is 17.7. The van der Waals surface area contributed by atoms with Gasteiger partial charge in [0, 0.05) is 18.7 Å². The van der Waals surface area contributed by atoms with Crippen molar-refractivity contribution >= 4 is 15.9 Å². The van der Waals surface area contributed by atoms with Crippen LogP contribution < -0.4 is 9.88 Å². The van der Waals surface area contributed by atoms with Crippen LogP contribution in [0.25, 0.3) is 11.3 Å². The third-order valence-corrected chi connectivity index (χ3v) is 5.15. The van der Waals surface area contributed by atoms with E-state index < -0.39 is 10.0 Å². The van der Waals surface area contributed by atoms with Crippen molar-refractivity contribution in [2.24, 2.45) is 11.1 Å². The molecule has 3 rings (SSSR count). The van der Waals surface area contributed by atoms with Gasteiger partial charge in [0.05, 0.1) is 12.9 Å². The van der Waals surface area contributed by atoms with Crippen LogP contribution in [0.15, 0.2) is 40.8 Å². The van der Waals surface area contributed by atoms with Crippen LogP contribution in [0.1, 0.15) is 17.0 Å². The van der Waals surface area contributed by atoms with Gasteiger partial charge in [0.25, 0.3) is 5.91 Å². The Hall–Kier alpha value is -2.32. The minimum absolute atomic E-state index is 0.107. The Bertz CT molecular complexity index is 875. The Labute approximate surface area is 146 Å². The molecule has 1 aromatic heterocycles. The average Bonchev–Trinajstić information content (AvgIpc) is 3.22. The third-order valence-electron chi connectivity index (χ3n) is 4.21. The second-order valence-electron chi connectivity index (χ2n) is 6.13. The monoisotopic (exact) mass is 364 g/mol. The number of hydrogen-bond acceptors (Lipinski definition) is 5. The molecule has 1 aliphatic heterocycles. The average molecular weight is 364 g/mol. The van der Waals surface area contributed by atoms with Crippen LogP contribution >= 0.6 is 0 Å². The fraction of sp³-hybridized carbons (Fsp3) is 0.353. The van der Waals surface area contributed by atoms with Gasteiger partial charge in [-0.15, -0.1) is 0 Å². The first kappa shape index (κ1) is 17.5. The molecule has 0 unspecified atom stereocenters. The lowest BCUT2D eigenvalue weighted by atomic mass is 10.1. The van der Waals surface area contributed by atoms with Crippen LogP contribution in [0.5, 0.6) is 5.75 Å². The fourth-order valence-corrected chi connectivity index (χ4v) is 3.95. The molecule has 2 N–H and O–H groups in total. The minimum atomic E-state index is -3.53. The van der Waals surface area contributed by atoms with Crippen LogP contribution in [0.3, 0.4) is 0 Å². The molecule has 1 aromatic carbocycles. The summed E-state index contributed by atoms with van der Waals surface area (Å²) in [6.45, 7) is 0.860. The van der Waals surface area contributed by atoms with E-state index in [4.69, 9.17) is 14.3 Å². The van der Waals surface area contributed by atoms with Crippen molar-refractivity contribution in [3.8, 4) is 17.1 Å². The number of sulfonamides is 1. The summed E-state index contributed by atoms with van der Waals surface area (Å²) in [5, 5.41) is 5.08. The summed E-state index contributed by atoms with van der Waals surface area (Å²) in [7, 11) is -1.95. The fourth-order valence-electron chi connectivity index (χ4n) is 3.02. The lowest BCUT2D eigenvalue weighted by Gasteiger charge is -2.14. The molecule has 1 aliphatic rings. The van der Waals surface area contributed by atoms with E-state index in [1.165, 1.54) is 0 Å². The zero-order chi connectivity index (χ0) is 18.0. The number of amides is 1. The van der Waals surface area contributed by atoms with E-state index in [-0.39, 0.29) is 23.3 Å². The Kier molecular flexibility index (Phi) is 4.82. The number of primary sulfonamides is 1. The number of hydrogen-bond donors (Lipinski definition) is 1. The maximum atomic E-state index is 12.6. The van der Waals surface area contributed by atoms with Gasteiger partial charge in [-0.05, 0) is 36.6 Å². The first-order valence-electron chi connectivity index (χ1n) is 7.90. The number of methoxy groups -OCH3 is 1. The molecular weight excluding hydrogens is 344 g/mol. The molecule has 0 saturated carbocycles. The van der Waals surface area contributed by atoms with Gasteiger partial charge in [-0.3, -0.25) is 4.79 Å². The van der Waals surface area contributed by atoms with E-state index in [9.17, 15) is 13.2 Å². The Morgan fingerprint density at radius 1 is 1.36 bits per heavy atom. The minimum Gasteiger partial charge on any atom is -0.497 e. The van der Waals surface area contributed by atoms with E-state index in [1.807, 2.05) is 24.3 Å². The number of rotatable bonds is 5. The summed E-state index contributed by atoms with van der Waals surface area (Å²) in [6, 6.07) is 10.7. The van der Waals surface area contributed by atoms with Crippen molar-refractivity contribution in [2.45, 2.75) is 6.42 Å². The van der Waals surface area contributed by atoms with Crippen LogP contribution in [-0.2, 0) is 10.0 Å². The number of benzene rings is 1. The van der Waals surface area contributed by atoms with E-state index in [0.717, 1.165) is 5.56 Å². The Balaban J connectivity index is 1.71. The second-order valence-corrected chi connectivity index (χ2v) is 7.79. The number of likely N-dealkylation sites (tertiary alicyclic amines) is 1. The predicted octanol–water partition coefficient (Wildman–Crippen LogP) is 1.71. The quantitative estimate of drug-likeness (QED) is 0.870. The van der Waals surface area contributed by atoms with Gasteiger partial charge >= 0.3 is 0 Å². The van der Waals surface area contributed by atoms with Crippen molar-refractivity contribution in [2.75, 3.05) is 26.0 Å². The van der Waals surface area contributed by atoms with Crippen molar-refractivity contribution in [1.82, 2.24) is 4.90 Å². The van der Waals surface area contributed by atoms with Gasteiger partial charge in [-0.25, -0.2) is 13.6 Å². The van der Waals surface area contributed by atoms with Gasteiger partial charge in [-0.2, -0.15) is 0 Å². The molecular formula is C17H20N2O5S. The molecule has 1 atom stereocenters. The third kappa shape index (κ3) is 4.21. The summed E-state index contributed by atoms with van der Waals surface area (Å²) in [6.07, 6.45) is 0.617. The van der Waals surface area contributed by atoms with Crippen LogP contribution in [0.2, 0.25) is 0 Å². The van der Waals surface area contributed by atoms with Crippen LogP contribution in [-0.4, -0.2) is 45.2 Å². The summed E-state index contributed by atoms with van der Waals surface area (Å²) in [4.78, 5) is 14.2. The molecule has 25 heavy (non-hydrogen) atoms. The molecule has 2 heterocycles. The molecule has 1 saturated heterocycles. The highest BCUT2D eigenvalue weighted by molar-refractivity contribution is 7.89. The Morgan fingerprint density at radius 2 is 2.16 bits per heavy atom. The number of carbonyl (C=O) groups excluding carboxylic acids is 1. The van der Waals surface area contributed by atoms with Crippen molar-refractivity contribution in [1.29, 1.82) is 0 Å². The molecule has 1 fully saturated rings. The van der Waals surface area contributed by atoms with E-state index in [0.29, 0.717) is 31.0 Å². The number of nitrogens with zero attached hydrogens (tertiary/aromatic N) is 1. The molecule has 8 heteroatoms. The van der Waals surface area contributed by atoms with Gasteiger partial charge in [0.2, 0.25) is 10.0 Å². The van der Waals surface area contributed by atoms with E-state index in [2.05, 4.69) is 0 Å². The number of ether oxygens (including phenoxy) is 1. The standard InChI is InChI=1S/C17H20N2O5S/c1-23-14-4-2-3-13(9-14)15-5-6-16(24-15)17(20)19-8-7-12(10-19)11-25(18,21)22/h2-6,9,12H,7-8,10-11H2,1H3,(H2,18,21,22)/t12-/m1/s1. The lowest BCUT2D eigenvalue weighted by molar-refractivity contribution is 0.0757. The highest BCUT2D eigenvalue weighted by Gasteiger charge is 2.30. The SMILES string of the molecule is COc1cccc(-c2ccc(C(=O)N3CC[C@@H](CS(N)(=O)=O)C3)o2)c1. The molecule has 134 valence electrons. The molecule has 0 spiro atoms. The first-order chi connectivity index (χ1) is 11.9. The van der Waals surface area contributed by atoms with Gasteiger partial charge in [-0.1, -0.05) is 12.1 Å². The summed E-state index contributed by atoms with van der Waals surface area (Å²) in [5.41, 5.74) is 0.812. The van der Waals surface area contributed by atoms with E-state index >= 15 is 0 Å². The van der Waals surface area contributed by atoms with Gasteiger partial charge in [0.1, 0.15) is 11.5 Å². The zero-order valence-corrected chi connectivity index (χ0v) is 14.7. The highest BCUT2D eigenvalue weighted by atomic mass is 32.2. The summed E-state index contributed by atoms with van der Waals surface area (Å²) in [5.74, 6) is 1.02. The zero-order valence-electron chi connectivity index (χ0n) is 13.8. The molecule has 1 amide bonds. The maximum absolute atomic E-state index is 12.6. The predicted molar refractivity (Wildman–Crippen MR) is 92.7 cm³/mol. The summed E-state index contributed by atoms with van der Waals surface area (Å²) < 4.78 is 33.3. The molecule has 0 aliphatic carbocycles. The number of carbonyl (C=O) groups is 1.